The van der Waals surface area contributed by atoms with Crippen LogP contribution in [0, 0.1) is 0 Å². The van der Waals surface area contributed by atoms with E-state index in [0.29, 0.717) is 19.0 Å². The summed E-state index contributed by atoms with van der Waals surface area (Å²) in [7, 11) is 1.69. The Morgan fingerprint density at radius 1 is 1.26 bits per heavy atom. The van der Waals surface area contributed by atoms with E-state index in [9.17, 15) is 0 Å². The molecule has 4 aromatic rings. The lowest BCUT2D eigenvalue weighted by Gasteiger charge is -2.09. The number of ether oxygens (including phenoxy) is 1. The average Bonchev–Trinajstić information content (AvgIpc) is 3.26. The quantitative estimate of drug-likeness (QED) is 0.548. The van der Waals surface area contributed by atoms with Gasteiger partial charge < -0.3 is 10.1 Å². The van der Waals surface area contributed by atoms with Gasteiger partial charge in [-0.25, -0.2) is 4.98 Å². The molecule has 0 saturated heterocycles. The molecule has 3 aromatic heterocycles. The van der Waals surface area contributed by atoms with Gasteiger partial charge in [0.25, 0.3) is 0 Å². The third-order valence-corrected chi connectivity index (χ3v) is 4.54. The standard InChI is InChI=1S/C15H14N6OS/c1-22-6-5-16-15-11-4-7-23-13(11)10-3-2-9(8-12(10)17-15)14-18-20-21-19-14/h2-4,7-8H,5-6H2,1H3,(H,16,17)(H,18,19,20,21). The number of methoxy groups -OCH3 is 1. The summed E-state index contributed by atoms with van der Waals surface area (Å²) < 4.78 is 6.32. The zero-order valence-electron chi connectivity index (χ0n) is 12.4. The molecule has 23 heavy (non-hydrogen) atoms. The van der Waals surface area contributed by atoms with Crippen molar-refractivity contribution in [3.05, 3.63) is 29.6 Å². The second-order valence-corrected chi connectivity index (χ2v) is 5.93. The molecular formula is C15H14N6OS. The molecule has 7 nitrogen and oxygen atoms in total. The highest BCUT2D eigenvalue weighted by molar-refractivity contribution is 7.18. The lowest BCUT2D eigenvalue weighted by molar-refractivity contribution is 0.210. The Hall–Kier alpha value is -2.58. The average molecular weight is 326 g/mol. The predicted molar refractivity (Wildman–Crippen MR) is 90.7 cm³/mol. The lowest BCUT2D eigenvalue weighted by Crippen LogP contribution is -2.09. The van der Waals surface area contributed by atoms with Gasteiger partial charge in [0, 0.05) is 34.7 Å². The Balaban J connectivity index is 1.85. The van der Waals surface area contributed by atoms with Gasteiger partial charge in [0.1, 0.15) is 5.82 Å². The van der Waals surface area contributed by atoms with Gasteiger partial charge >= 0.3 is 0 Å². The van der Waals surface area contributed by atoms with Crippen molar-refractivity contribution in [2.24, 2.45) is 0 Å². The summed E-state index contributed by atoms with van der Waals surface area (Å²) >= 11 is 1.71. The summed E-state index contributed by atoms with van der Waals surface area (Å²) in [5, 5.41) is 21.8. The van der Waals surface area contributed by atoms with Crippen molar-refractivity contribution < 1.29 is 4.74 Å². The summed E-state index contributed by atoms with van der Waals surface area (Å²) in [6.07, 6.45) is 0. The molecule has 4 rings (SSSR count). The Kier molecular flexibility index (Phi) is 3.60. The van der Waals surface area contributed by atoms with E-state index in [1.54, 1.807) is 18.4 Å². The normalized spacial score (nSPS) is 11.3. The number of hydrogen-bond acceptors (Lipinski definition) is 7. The number of nitrogens with one attached hydrogen (secondary N) is 2. The van der Waals surface area contributed by atoms with Gasteiger partial charge in [-0.05, 0) is 22.7 Å². The molecule has 1 aromatic carbocycles. The van der Waals surface area contributed by atoms with E-state index in [1.807, 2.05) is 12.1 Å². The number of anilines is 1. The van der Waals surface area contributed by atoms with Crippen LogP contribution in [0.3, 0.4) is 0 Å². The topological polar surface area (TPSA) is 88.6 Å². The summed E-state index contributed by atoms with van der Waals surface area (Å²) in [5.74, 6) is 1.44. The monoisotopic (exact) mass is 326 g/mol. The van der Waals surface area contributed by atoms with Crippen LogP contribution in [0.15, 0.2) is 29.6 Å². The Morgan fingerprint density at radius 2 is 2.22 bits per heavy atom. The van der Waals surface area contributed by atoms with Crippen molar-refractivity contribution in [1.82, 2.24) is 25.6 Å². The van der Waals surface area contributed by atoms with E-state index in [1.165, 1.54) is 4.70 Å². The fourth-order valence-corrected chi connectivity index (χ4v) is 3.46. The SMILES string of the molecule is COCCNc1nc2cc(-c3nn[nH]n3)ccc2c2sccc12. The number of aromatic amines is 1. The van der Waals surface area contributed by atoms with Crippen LogP contribution in [0.2, 0.25) is 0 Å². The molecule has 2 N–H and O–H groups in total. The Labute approximate surface area is 135 Å². The molecule has 0 aliphatic heterocycles. The first-order chi connectivity index (χ1) is 11.4. The molecule has 0 aliphatic rings. The van der Waals surface area contributed by atoms with Crippen LogP contribution in [-0.2, 0) is 4.74 Å². The predicted octanol–water partition coefficient (Wildman–Crippen LogP) is 2.69. The minimum Gasteiger partial charge on any atom is -0.383 e. The number of H-pyrrole nitrogens is 1. The van der Waals surface area contributed by atoms with E-state index in [2.05, 4.69) is 43.5 Å². The fourth-order valence-electron chi connectivity index (χ4n) is 2.53. The maximum absolute atomic E-state index is 5.10. The van der Waals surface area contributed by atoms with Crippen molar-refractivity contribution >= 4 is 38.1 Å². The van der Waals surface area contributed by atoms with Crippen LogP contribution in [0.1, 0.15) is 0 Å². The van der Waals surface area contributed by atoms with Crippen LogP contribution < -0.4 is 5.32 Å². The number of benzene rings is 1. The molecule has 116 valence electrons. The number of hydrogen-bond donors (Lipinski definition) is 2. The highest BCUT2D eigenvalue weighted by Crippen LogP contribution is 2.34. The molecule has 0 fully saturated rings. The summed E-state index contributed by atoms with van der Waals surface area (Å²) in [6.45, 7) is 1.35. The van der Waals surface area contributed by atoms with Gasteiger partial charge in [-0.15, -0.1) is 21.5 Å². The van der Waals surface area contributed by atoms with Gasteiger partial charge in [0.2, 0.25) is 5.82 Å². The van der Waals surface area contributed by atoms with Crippen LogP contribution in [0.4, 0.5) is 5.82 Å². The molecule has 0 amide bonds. The van der Waals surface area contributed by atoms with Crippen molar-refractivity contribution in [2.45, 2.75) is 0 Å². The van der Waals surface area contributed by atoms with E-state index in [4.69, 9.17) is 9.72 Å². The van der Waals surface area contributed by atoms with E-state index < -0.39 is 0 Å². The Bertz CT molecular complexity index is 949. The second kappa shape index (κ2) is 5.90. The smallest absolute Gasteiger partial charge is 0.204 e. The van der Waals surface area contributed by atoms with Gasteiger partial charge in [-0.2, -0.15) is 5.21 Å². The van der Waals surface area contributed by atoms with Crippen molar-refractivity contribution in [1.29, 1.82) is 0 Å². The molecule has 0 unspecified atom stereocenters. The van der Waals surface area contributed by atoms with Gasteiger partial charge in [0.15, 0.2) is 0 Å². The second-order valence-electron chi connectivity index (χ2n) is 5.01. The highest BCUT2D eigenvalue weighted by atomic mass is 32.1. The first-order valence-corrected chi connectivity index (χ1v) is 8.02. The summed E-state index contributed by atoms with van der Waals surface area (Å²) in [6, 6.07) is 8.13. The van der Waals surface area contributed by atoms with Crippen LogP contribution >= 0.6 is 11.3 Å². The molecule has 0 saturated carbocycles. The van der Waals surface area contributed by atoms with E-state index in [0.717, 1.165) is 27.7 Å². The van der Waals surface area contributed by atoms with Gasteiger partial charge in [-0.1, -0.05) is 12.1 Å². The number of pyridine rings is 1. The molecule has 0 atom stereocenters. The van der Waals surface area contributed by atoms with Crippen molar-refractivity contribution in [2.75, 3.05) is 25.6 Å². The van der Waals surface area contributed by atoms with Gasteiger partial charge in [0.05, 0.1) is 12.1 Å². The first kappa shape index (κ1) is 14.0. The number of thiophene rings is 1. The molecule has 3 heterocycles. The lowest BCUT2D eigenvalue weighted by atomic mass is 10.1. The third-order valence-electron chi connectivity index (χ3n) is 3.60. The minimum atomic E-state index is 0.564. The molecule has 0 aliphatic carbocycles. The Morgan fingerprint density at radius 3 is 3.04 bits per heavy atom. The zero-order chi connectivity index (χ0) is 15.6. The number of tetrazole rings is 1. The zero-order valence-corrected chi connectivity index (χ0v) is 13.2. The number of nitrogens with zero attached hydrogens (tertiary/aromatic N) is 4. The first-order valence-electron chi connectivity index (χ1n) is 7.14. The number of fused-ring (bicyclic) bond motifs is 3. The van der Waals surface area contributed by atoms with Crippen molar-refractivity contribution in [3.63, 3.8) is 0 Å². The highest BCUT2D eigenvalue weighted by Gasteiger charge is 2.11. The molecular weight excluding hydrogens is 312 g/mol. The van der Waals surface area contributed by atoms with Crippen LogP contribution in [0.5, 0.6) is 0 Å². The fraction of sp³-hybridized carbons (Fsp3) is 0.200. The molecule has 8 heteroatoms. The summed E-state index contributed by atoms with van der Waals surface area (Å²) in [4.78, 5) is 4.77. The van der Waals surface area contributed by atoms with Crippen LogP contribution in [-0.4, -0.2) is 45.9 Å². The maximum atomic E-state index is 5.10. The number of aromatic nitrogens is 5. The van der Waals surface area contributed by atoms with Crippen LogP contribution in [0.25, 0.3) is 32.4 Å². The molecule has 0 radical (unpaired) electrons. The molecule has 0 bridgehead atoms. The third kappa shape index (κ3) is 2.51. The maximum Gasteiger partial charge on any atom is 0.204 e. The van der Waals surface area contributed by atoms with Gasteiger partial charge in [-0.3, -0.25) is 0 Å². The molecule has 0 spiro atoms. The largest absolute Gasteiger partial charge is 0.383 e. The van der Waals surface area contributed by atoms with Crippen molar-refractivity contribution in [3.8, 4) is 11.4 Å². The summed E-state index contributed by atoms with van der Waals surface area (Å²) in [5.41, 5.74) is 1.79. The number of rotatable bonds is 5. The minimum absolute atomic E-state index is 0.564. The van der Waals surface area contributed by atoms with E-state index >= 15 is 0 Å². The van der Waals surface area contributed by atoms with E-state index in [-0.39, 0.29) is 0 Å².